The van der Waals surface area contributed by atoms with Crippen LogP contribution in [0.15, 0.2) is 0 Å². The molecule has 0 amide bonds. The molecular formula is C11H24N2. The molecule has 0 saturated heterocycles. The molecule has 1 N–H and O–H groups in total. The highest BCUT2D eigenvalue weighted by Gasteiger charge is 2.38. The Morgan fingerprint density at radius 3 is 2.31 bits per heavy atom. The molecule has 0 aliphatic heterocycles. The van der Waals surface area contributed by atoms with E-state index in [4.69, 9.17) is 0 Å². The Bertz CT molecular complexity index is 163. The summed E-state index contributed by atoms with van der Waals surface area (Å²) in [4.78, 5) is 2.36. The third kappa shape index (κ3) is 2.23. The van der Waals surface area contributed by atoms with Crippen LogP contribution in [0.4, 0.5) is 0 Å². The fourth-order valence-corrected chi connectivity index (χ4v) is 2.75. The van der Waals surface area contributed by atoms with E-state index in [9.17, 15) is 0 Å². The van der Waals surface area contributed by atoms with Crippen LogP contribution in [0.2, 0.25) is 0 Å². The second-order valence-corrected chi connectivity index (χ2v) is 5.18. The van der Waals surface area contributed by atoms with Crippen LogP contribution < -0.4 is 5.32 Å². The Labute approximate surface area is 82.7 Å². The summed E-state index contributed by atoms with van der Waals surface area (Å²) in [5.41, 5.74) is 0.446. The van der Waals surface area contributed by atoms with Gasteiger partial charge in [-0.05, 0) is 39.4 Å². The van der Waals surface area contributed by atoms with E-state index >= 15 is 0 Å². The lowest BCUT2D eigenvalue weighted by atomic mass is 9.70. The lowest BCUT2D eigenvalue weighted by Gasteiger charge is -2.46. The van der Waals surface area contributed by atoms with Crippen molar-refractivity contribution in [1.82, 2.24) is 10.2 Å². The van der Waals surface area contributed by atoms with E-state index in [2.05, 4.69) is 45.2 Å². The molecule has 0 radical (unpaired) electrons. The number of rotatable bonds is 2. The predicted molar refractivity (Wildman–Crippen MR) is 58.0 cm³/mol. The van der Waals surface area contributed by atoms with Crippen LogP contribution in [0.1, 0.15) is 33.1 Å². The van der Waals surface area contributed by atoms with Crippen molar-refractivity contribution in [3.63, 3.8) is 0 Å². The molecule has 0 heterocycles. The molecule has 2 heteroatoms. The van der Waals surface area contributed by atoms with Crippen molar-refractivity contribution in [1.29, 1.82) is 0 Å². The monoisotopic (exact) mass is 184 g/mol. The van der Waals surface area contributed by atoms with Gasteiger partial charge >= 0.3 is 0 Å². The third-order valence-corrected chi connectivity index (χ3v) is 3.52. The highest BCUT2D eigenvalue weighted by Crippen LogP contribution is 2.36. The first kappa shape index (κ1) is 11.0. The summed E-state index contributed by atoms with van der Waals surface area (Å²) in [6.07, 6.45) is 4.05. The van der Waals surface area contributed by atoms with Gasteiger partial charge in [-0.25, -0.2) is 0 Å². The molecule has 0 bridgehead atoms. The van der Waals surface area contributed by atoms with Crippen molar-refractivity contribution < 1.29 is 0 Å². The van der Waals surface area contributed by atoms with E-state index in [1.807, 2.05) is 0 Å². The summed E-state index contributed by atoms with van der Waals surface area (Å²) in [5.74, 6) is 0. The molecule has 0 aromatic heterocycles. The van der Waals surface area contributed by atoms with Gasteiger partial charge < -0.3 is 10.2 Å². The predicted octanol–water partition coefficient (Wildman–Crippen LogP) is 1.71. The maximum Gasteiger partial charge on any atom is 0.0271 e. The lowest BCUT2D eigenvalue weighted by molar-refractivity contribution is 0.0808. The SMILES string of the molecule is CNC1C(N(C)C)CCCC1(C)C. The summed E-state index contributed by atoms with van der Waals surface area (Å²) in [5, 5.41) is 3.48. The average Bonchev–Trinajstić information content (AvgIpc) is 2.02. The first-order chi connectivity index (χ1) is 5.99. The minimum absolute atomic E-state index is 0.446. The van der Waals surface area contributed by atoms with Gasteiger partial charge in [0.1, 0.15) is 0 Å². The van der Waals surface area contributed by atoms with E-state index in [1.165, 1.54) is 19.3 Å². The topological polar surface area (TPSA) is 15.3 Å². The maximum absolute atomic E-state index is 3.48. The summed E-state index contributed by atoms with van der Waals surface area (Å²) in [7, 11) is 6.47. The van der Waals surface area contributed by atoms with Gasteiger partial charge in [-0.3, -0.25) is 0 Å². The summed E-state index contributed by atoms with van der Waals surface area (Å²) in [6, 6.07) is 1.34. The minimum Gasteiger partial charge on any atom is -0.315 e. The smallest absolute Gasteiger partial charge is 0.0271 e. The molecule has 2 nitrogen and oxygen atoms in total. The molecular weight excluding hydrogens is 160 g/mol. The van der Waals surface area contributed by atoms with Crippen LogP contribution in [0.5, 0.6) is 0 Å². The van der Waals surface area contributed by atoms with Gasteiger partial charge in [0, 0.05) is 12.1 Å². The zero-order valence-corrected chi connectivity index (χ0v) is 9.72. The standard InChI is InChI=1S/C11H24N2/c1-11(2)8-6-7-9(13(4)5)10(11)12-3/h9-10,12H,6-8H2,1-5H3. The Morgan fingerprint density at radius 1 is 1.31 bits per heavy atom. The first-order valence-electron chi connectivity index (χ1n) is 5.33. The van der Waals surface area contributed by atoms with Gasteiger partial charge in [-0.1, -0.05) is 20.3 Å². The van der Waals surface area contributed by atoms with Gasteiger partial charge in [-0.15, -0.1) is 0 Å². The fourth-order valence-electron chi connectivity index (χ4n) is 2.75. The van der Waals surface area contributed by atoms with Crippen molar-refractivity contribution in [3.05, 3.63) is 0 Å². The van der Waals surface area contributed by atoms with Crippen LogP contribution in [-0.2, 0) is 0 Å². The third-order valence-electron chi connectivity index (χ3n) is 3.52. The molecule has 1 rings (SSSR count). The van der Waals surface area contributed by atoms with E-state index in [0.717, 1.165) is 0 Å². The molecule has 0 spiro atoms. The summed E-state index contributed by atoms with van der Waals surface area (Å²) >= 11 is 0. The van der Waals surface area contributed by atoms with Crippen molar-refractivity contribution in [2.45, 2.75) is 45.2 Å². The minimum atomic E-state index is 0.446. The molecule has 78 valence electrons. The number of nitrogens with one attached hydrogen (secondary N) is 1. The van der Waals surface area contributed by atoms with Crippen molar-refractivity contribution in [2.75, 3.05) is 21.1 Å². The Balaban J connectivity index is 2.74. The Morgan fingerprint density at radius 2 is 1.92 bits per heavy atom. The summed E-state index contributed by atoms with van der Waals surface area (Å²) < 4.78 is 0. The number of hydrogen-bond acceptors (Lipinski definition) is 2. The highest BCUT2D eigenvalue weighted by atomic mass is 15.1. The van der Waals surface area contributed by atoms with E-state index in [1.54, 1.807) is 0 Å². The van der Waals surface area contributed by atoms with Crippen LogP contribution >= 0.6 is 0 Å². The normalized spacial score (nSPS) is 33.7. The van der Waals surface area contributed by atoms with Crippen molar-refractivity contribution >= 4 is 0 Å². The van der Waals surface area contributed by atoms with Crippen LogP contribution in [0, 0.1) is 5.41 Å². The van der Waals surface area contributed by atoms with Crippen LogP contribution in [-0.4, -0.2) is 38.1 Å². The molecule has 13 heavy (non-hydrogen) atoms. The summed E-state index contributed by atoms with van der Waals surface area (Å²) in [6.45, 7) is 4.76. The zero-order valence-electron chi connectivity index (χ0n) is 9.72. The van der Waals surface area contributed by atoms with Gasteiger partial charge in [-0.2, -0.15) is 0 Å². The molecule has 2 atom stereocenters. The lowest BCUT2D eigenvalue weighted by Crippen LogP contribution is -2.56. The van der Waals surface area contributed by atoms with Gasteiger partial charge in [0.25, 0.3) is 0 Å². The molecule has 1 aliphatic carbocycles. The van der Waals surface area contributed by atoms with Crippen molar-refractivity contribution in [2.24, 2.45) is 5.41 Å². The number of likely N-dealkylation sites (N-methyl/N-ethyl adjacent to an activating group) is 2. The van der Waals surface area contributed by atoms with Gasteiger partial charge in [0.15, 0.2) is 0 Å². The molecule has 1 aliphatic rings. The number of hydrogen-bond donors (Lipinski definition) is 1. The van der Waals surface area contributed by atoms with E-state index in [-0.39, 0.29) is 0 Å². The number of nitrogens with zero attached hydrogens (tertiary/aromatic N) is 1. The molecule has 1 fully saturated rings. The quantitative estimate of drug-likeness (QED) is 0.703. The van der Waals surface area contributed by atoms with Crippen LogP contribution in [0.25, 0.3) is 0 Å². The van der Waals surface area contributed by atoms with Gasteiger partial charge in [0.2, 0.25) is 0 Å². The zero-order chi connectivity index (χ0) is 10.1. The van der Waals surface area contributed by atoms with E-state index < -0.39 is 0 Å². The van der Waals surface area contributed by atoms with Crippen LogP contribution in [0.3, 0.4) is 0 Å². The second kappa shape index (κ2) is 3.97. The molecule has 0 aromatic carbocycles. The van der Waals surface area contributed by atoms with Gasteiger partial charge in [0.05, 0.1) is 0 Å². The average molecular weight is 184 g/mol. The second-order valence-electron chi connectivity index (χ2n) is 5.18. The van der Waals surface area contributed by atoms with E-state index in [0.29, 0.717) is 17.5 Å². The maximum atomic E-state index is 3.48. The largest absolute Gasteiger partial charge is 0.315 e. The Hall–Kier alpha value is -0.0800. The molecule has 1 saturated carbocycles. The molecule has 0 aromatic rings. The molecule has 2 unspecified atom stereocenters. The Kier molecular flexibility index (Phi) is 3.36. The fraction of sp³-hybridized carbons (Fsp3) is 1.00. The van der Waals surface area contributed by atoms with Crippen molar-refractivity contribution in [3.8, 4) is 0 Å². The first-order valence-corrected chi connectivity index (χ1v) is 5.33. The highest BCUT2D eigenvalue weighted by molar-refractivity contribution is 4.96.